The molecule has 0 aromatic carbocycles. The normalized spacial score (nSPS) is 18.8. The van der Waals surface area contributed by atoms with Gasteiger partial charge in [-0.3, -0.25) is 4.90 Å². The summed E-state index contributed by atoms with van der Waals surface area (Å²) in [6.07, 6.45) is 2.40. The molecule has 0 radical (unpaired) electrons. The number of ether oxygens (including phenoxy) is 1. The average Bonchev–Trinajstić information content (AvgIpc) is 3.07. The molecule has 1 atom stereocenters. The fourth-order valence-corrected chi connectivity index (χ4v) is 2.48. The summed E-state index contributed by atoms with van der Waals surface area (Å²) in [5.74, 6) is -0.362. The van der Waals surface area contributed by atoms with E-state index in [4.69, 9.17) is 14.3 Å². The van der Waals surface area contributed by atoms with Crippen molar-refractivity contribution in [2.75, 3.05) is 33.4 Å². The maximum atomic E-state index is 10.8. The Morgan fingerprint density at radius 2 is 2.45 bits per heavy atom. The van der Waals surface area contributed by atoms with Gasteiger partial charge >= 0.3 is 5.97 Å². The molecule has 0 amide bonds. The first-order chi connectivity index (χ1) is 9.69. The van der Waals surface area contributed by atoms with Crippen LogP contribution in [0.25, 0.3) is 0 Å². The van der Waals surface area contributed by atoms with Crippen molar-refractivity contribution in [2.45, 2.75) is 25.4 Å². The fourth-order valence-electron chi connectivity index (χ4n) is 2.48. The van der Waals surface area contributed by atoms with Gasteiger partial charge in [0.2, 0.25) is 5.76 Å². The highest BCUT2D eigenvalue weighted by Crippen LogP contribution is 2.13. The number of hydrogen-bond acceptors (Lipinski definition) is 5. The van der Waals surface area contributed by atoms with Crippen LogP contribution in [0.1, 0.15) is 29.2 Å². The van der Waals surface area contributed by atoms with Gasteiger partial charge in [-0.1, -0.05) is 0 Å². The standard InChI is InChI=1S/C14H22N2O4/c1-19-8-7-16(9-11-3-2-6-15-11)10-12-4-5-13(20-12)14(17)18/h4-5,11,15H,2-3,6-10H2,1H3,(H,17,18). The molecule has 20 heavy (non-hydrogen) atoms. The van der Waals surface area contributed by atoms with E-state index in [0.717, 1.165) is 19.6 Å². The number of carboxylic acids is 1. The lowest BCUT2D eigenvalue weighted by molar-refractivity contribution is 0.0656. The Hall–Kier alpha value is -1.37. The van der Waals surface area contributed by atoms with E-state index < -0.39 is 5.97 Å². The van der Waals surface area contributed by atoms with Crippen LogP contribution in [-0.4, -0.2) is 55.4 Å². The fraction of sp³-hybridized carbons (Fsp3) is 0.643. The number of hydrogen-bond donors (Lipinski definition) is 2. The summed E-state index contributed by atoms with van der Waals surface area (Å²) in [4.78, 5) is 13.0. The van der Waals surface area contributed by atoms with Crippen molar-refractivity contribution in [3.05, 3.63) is 23.7 Å². The lowest BCUT2D eigenvalue weighted by Gasteiger charge is -2.24. The Labute approximate surface area is 118 Å². The average molecular weight is 282 g/mol. The van der Waals surface area contributed by atoms with Crippen LogP contribution in [0.15, 0.2) is 16.5 Å². The monoisotopic (exact) mass is 282 g/mol. The minimum absolute atomic E-state index is 0.00863. The van der Waals surface area contributed by atoms with Crippen LogP contribution < -0.4 is 5.32 Å². The highest BCUT2D eigenvalue weighted by Gasteiger charge is 2.19. The zero-order valence-corrected chi connectivity index (χ0v) is 11.8. The molecular formula is C14H22N2O4. The highest BCUT2D eigenvalue weighted by atomic mass is 16.5. The summed E-state index contributed by atoms with van der Waals surface area (Å²) < 4.78 is 10.4. The van der Waals surface area contributed by atoms with Gasteiger partial charge < -0.3 is 19.6 Å². The summed E-state index contributed by atoms with van der Waals surface area (Å²) in [5.41, 5.74) is 0. The number of methoxy groups -OCH3 is 1. The number of nitrogens with one attached hydrogen (secondary N) is 1. The van der Waals surface area contributed by atoms with E-state index in [-0.39, 0.29) is 5.76 Å². The summed E-state index contributed by atoms with van der Waals surface area (Å²) >= 11 is 0. The maximum Gasteiger partial charge on any atom is 0.371 e. The Bertz CT molecular complexity index is 427. The summed E-state index contributed by atoms with van der Waals surface area (Å²) in [6, 6.07) is 3.73. The van der Waals surface area contributed by atoms with E-state index in [9.17, 15) is 4.79 Å². The Morgan fingerprint density at radius 3 is 3.05 bits per heavy atom. The predicted molar refractivity (Wildman–Crippen MR) is 73.8 cm³/mol. The molecule has 6 heteroatoms. The van der Waals surface area contributed by atoms with E-state index in [1.54, 1.807) is 13.2 Å². The highest BCUT2D eigenvalue weighted by molar-refractivity contribution is 5.84. The number of carboxylic acid groups (broad SMARTS) is 1. The third-order valence-electron chi connectivity index (χ3n) is 3.50. The second-order valence-electron chi connectivity index (χ2n) is 5.09. The molecule has 0 saturated carbocycles. The zero-order valence-electron chi connectivity index (χ0n) is 11.8. The van der Waals surface area contributed by atoms with Crippen molar-refractivity contribution >= 4 is 5.97 Å². The lowest BCUT2D eigenvalue weighted by Crippen LogP contribution is -2.38. The quantitative estimate of drug-likeness (QED) is 0.746. The molecule has 1 saturated heterocycles. The minimum atomic E-state index is -1.03. The van der Waals surface area contributed by atoms with Crippen molar-refractivity contribution < 1.29 is 19.1 Å². The number of carbonyl (C=O) groups is 1. The Balaban J connectivity index is 1.92. The molecule has 1 aliphatic heterocycles. The number of rotatable bonds is 8. The molecule has 1 unspecified atom stereocenters. The number of aromatic carboxylic acids is 1. The third kappa shape index (κ3) is 4.33. The molecule has 1 aromatic heterocycles. The first-order valence-electron chi connectivity index (χ1n) is 6.95. The molecule has 0 aliphatic carbocycles. The molecule has 2 heterocycles. The van der Waals surface area contributed by atoms with Gasteiger partial charge in [0.05, 0.1) is 13.2 Å². The van der Waals surface area contributed by atoms with Gasteiger partial charge in [0.1, 0.15) is 5.76 Å². The van der Waals surface area contributed by atoms with Gasteiger partial charge in [0.25, 0.3) is 0 Å². The predicted octanol–water partition coefficient (Wildman–Crippen LogP) is 1.18. The van der Waals surface area contributed by atoms with Gasteiger partial charge in [0, 0.05) is 26.2 Å². The van der Waals surface area contributed by atoms with E-state index in [0.29, 0.717) is 25.0 Å². The molecule has 1 aromatic rings. The number of furan rings is 1. The van der Waals surface area contributed by atoms with Gasteiger partial charge in [-0.15, -0.1) is 0 Å². The molecule has 0 spiro atoms. The molecule has 1 aliphatic rings. The van der Waals surface area contributed by atoms with E-state index in [2.05, 4.69) is 10.2 Å². The Kier molecular flexibility index (Phi) is 5.58. The summed E-state index contributed by atoms with van der Waals surface area (Å²) in [5, 5.41) is 12.3. The van der Waals surface area contributed by atoms with Crippen molar-refractivity contribution in [1.82, 2.24) is 10.2 Å². The lowest BCUT2D eigenvalue weighted by atomic mass is 10.2. The first kappa shape index (κ1) is 15.0. The maximum absolute atomic E-state index is 10.8. The van der Waals surface area contributed by atoms with Gasteiger partial charge in [0.15, 0.2) is 0 Å². The third-order valence-corrected chi connectivity index (χ3v) is 3.50. The van der Waals surface area contributed by atoms with E-state index in [1.165, 1.54) is 18.9 Å². The smallest absolute Gasteiger partial charge is 0.371 e. The first-order valence-corrected chi connectivity index (χ1v) is 6.95. The van der Waals surface area contributed by atoms with Crippen LogP contribution in [0.2, 0.25) is 0 Å². The van der Waals surface area contributed by atoms with Crippen molar-refractivity contribution in [3.8, 4) is 0 Å². The SMILES string of the molecule is COCCN(Cc1ccc(C(=O)O)o1)CC1CCCN1. The van der Waals surface area contributed by atoms with Crippen LogP contribution >= 0.6 is 0 Å². The van der Waals surface area contributed by atoms with Crippen molar-refractivity contribution in [3.63, 3.8) is 0 Å². The molecular weight excluding hydrogens is 260 g/mol. The van der Waals surface area contributed by atoms with Crippen LogP contribution in [0.5, 0.6) is 0 Å². The van der Waals surface area contributed by atoms with Crippen LogP contribution in [-0.2, 0) is 11.3 Å². The van der Waals surface area contributed by atoms with Crippen LogP contribution in [0.4, 0.5) is 0 Å². The van der Waals surface area contributed by atoms with Crippen molar-refractivity contribution in [2.24, 2.45) is 0 Å². The van der Waals surface area contributed by atoms with E-state index in [1.807, 2.05) is 0 Å². The topological polar surface area (TPSA) is 74.9 Å². The zero-order chi connectivity index (χ0) is 14.4. The van der Waals surface area contributed by atoms with Gasteiger partial charge in [-0.05, 0) is 31.5 Å². The van der Waals surface area contributed by atoms with Gasteiger partial charge in [-0.25, -0.2) is 4.79 Å². The van der Waals surface area contributed by atoms with Crippen LogP contribution in [0.3, 0.4) is 0 Å². The second kappa shape index (κ2) is 7.42. The summed E-state index contributed by atoms with van der Waals surface area (Å²) in [6.45, 7) is 4.06. The molecule has 1 fully saturated rings. The molecule has 2 rings (SSSR count). The largest absolute Gasteiger partial charge is 0.475 e. The second-order valence-corrected chi connectivity index (χ2v) is 5.09. The van der Waals surface area contributed by atoms with Crippen molar-refractivity contribution in [1.29, 1.82) is 0 Å². The van der Waals surface area contributed by atoms with E-state index >= 15 is 0 Å². The van der Waals surface area contributed by atoms with Gasteiger partial charge in [-0.2, -0.15) is 0 Å². The molecule has 112 valence electrons. The Morgan fingerprint density at radius 1 is 1.60 bits per heavy atom. The number of nitrogens with zero attached hydrogens (tertiary/aromatic N) is 1. The minimum Gasteiger partial charge on any atom is -0.475 e. The van der Waals surface area contributed by atoms with Crippen LogP contribution in [0, 0.1) is 0 Å². The molecule has 0 bridgehead atoms. The summed E-state index contributed by atoms with van der Waals surface area (Å²) in [7, 11) is 1.68. The molecule has 2 N–H and O–H groups in total. The molecule has 6 nitrogen and oxygen atoms in total.